The normalized spacial score (nSPS) is 23.9. The lowest BCUT2D eigenvalue weighted by Crippen LogP contribution is -2.35. The van der Waals surface area contributed by atoms with Crippen molar-refractivity contribution in [3.05, 3.63) is 53.1 Å². The van der Waals surface area contributed by atoms with E-state index in [0.717, 1.165) is 48.2 Å². The Morgan fingerprint density at radius 3 is 2.53 bits per heavy atom. The molecule has 3 heterocycles. The molecular weight excluding hydrogens is 450 g/mol. The predicted molar refractivity (Wildman–Crippen MR) is 140 cm³/mol. The van der Waals surface area contributed by atoms with Gasteiger partial charge in [0.15, 0.2) is 11.5 Å². The van der Waals surface area contributed by atoms with Crippen molar-refractivity contribution >= 4 is 5.78 Å². The molecule has 0 radical (unpaired) electrons. The van der Waals surface area contributed by atoms with Crippen LogP contribution in [0.3, 0.4) is 0 Å². The molecule has 1 aliphatic carbocycles. The molecular formula is C31H39NO4. The highest BCUT2D eigenvalue weighted by Gasteiger charge is 2.27. The van der Waals surface area contributed by atoms with Crippen LogP contribution in [-0.2, 0) is 17.6 Å². The minimum absolute atomic E-state index is 0.277. The number of hydrogen-bond acceptors (Lipinski definition) is 5. The summed E-state index contributed by atoms with van der Waals surface area (Å²) >= 11 is 0. The van der Waals surface area contributed by atoms with E-state index in [1.165, 1.54) is 70.1 Å². The first-order valence-corrected chi connectivity index (χ1v) is 14.1. The Morgan fingerprint density at radius 1 is 0.861 bits per heavy atom. The molecule has 6 rings (SSSR count). The SMILES string of the molecule is O=C(Cc1ccc2c(c1)OCO2)CC1CCC(CCN2CCC(c3cccc4c3CCO4)CC2)CC1. The zero-order chi connectivity index (χ0) is 24.3. The van der Waals surface area contributed by atoms with E-state index in [4.69, 9.17) is 14.2 Å². The number of rotatable bonds is 8. The molecule has 0 atom stereocenters. The topological polar surface area (TPSA) is 48.0 Å². The maximum absolute atomic E-state index is 12.7. The van der Waals surface area contributed by atoms with E-state index in [-0.39, 0.29) is 6.79 Å². The molecule has 0 bridgehead atoms. The van der Waals surface area contributed by atoms with Crippen LogP contribution in [0.5, 0.6) is 17.2 Å². The third kappa shape index (κ3) is 5.41. The fourth-order valence-electron chi connectivity index (χ4n) is 6.86. The molecule has 3 aliphatic heterocycles. The van der Waals surface area contributed by atoms with Gasteiger partial charge < -0.3 is 19.1 Å². The highest BCUT2D eigenvalue weighted by atomic mass is 16.7. The van der Waals surface area contributed by atoms with Crippen LogP contribution in [0.25, 0.3) is 0 Å². The lowest BCUT2D eigenvalue weighted by molar-refractivity contribution is -0.119. The maximum Gasteiger partial charge on any atom is 0.231 e. The average Bonchev–Trinajstić information content (AvgIpc) is 3.58. The first-order chi connectivity index (χ1) is 17.7. The largest absolute Gasteiger partial charge is 0.493 e. The maximum atomic E-state index is 12.7. The first kappa shape index (κ1) is 23.8. The second-order valence-electron chi connectivity index (χ2n) is 11.3. The minimum Gasteiger partial charge on any atom is -0.493 e. The van der Waals surface area contributed by atoms with Gasteiger partial charge in [-0.25, -0.2) is 0 Å². The van der Waals surface area contributed by atoms with Crippen LogP contribution in [0, 0.1) is 11.8 Å². The van der Waals surface area contributed by atoms with E-state index in [9.17, 15) is 4.79 Å². The molecule has 0 spiro atoms. The summed E-state index contributed by atoms with van der Waals surface area (Å²) in [4.78, 5) is 15.4. The van der Waals surface area contributed by atoms with Crippen LogP contribution < -0.4 is 14.2 Å². The molecule has 0 N–H and O–H groups in total. The molecule has 5 nitrogen and oxygen atoms in total. The van der Waals surface area contributed by atoms with Gasteiger partial charge >= 0.3 is 0 Å². The van der Waals surface area contributed by atoms with Crippen molar-refractivity contribution in [2.24, 2.45) is 11.8 Å². The van der Waals surface area contributed by atoms with Gasteiger partial charge in [0.2, 0.25) is 6.79 Å². The lowest BCUT2D eigenvalue weighted by atomic mass is 9.78. The molecule has 2 fully saturated rings. The van der Waals surface area contributed by atoms with Gasteiger partial charge in [-0.1, -0.05) is 31.0 Å². The third-order valence-corrected chi connectivity index (χ3v) is 8.98. The molecule has 0 aromatic heterocycles. The highest BCUT2D eigenvalue weighted by molar-refractivity contribution is 5.81. The Morgan fingerprint density at radius 2 is 1.67 bits per heavy atom. The highest BCUT2D eigenvalue weighted by Crippen LogP contribution is 2.38. The van der Waals surface area contributed by atoms with Crippen LogP contribution in [0.4, 0.5) is 0 Å². The van der Waals surface area contributed by atoms with Gasteiger partial charge in [-0.15, -0.1) is 0 Å². The number of hydrogen-bond donors (Lipinski definition) is 0. The minimum atomic E-state index is 0.277. The summed E-state index contributed by atoms with van der Waals surface area (Å²) in [5.41, 5.74) is 4.06. The first-order valence-electron chi connectivity index (χ1n) is 14.1. The van der Waals surface area contributed by atoms with Gasteiger partial charge in [0, 0.05) is 24.8 Å². The molecule has 2 aromatic carbocycles. The summed E-state index contributed by atoms with van der Waals surface area (Å²) in [6.07, 6.45) is 11.2. The van der Waals surface area contributed by atoms with Crippen LogP contribution in [0.2, 0.25) is 0 Å². The van der Waals surface area contributed by atoms with Gasteiger partial charge in [0.05, 0.1) is 6.61 Å². The van der Waals surface area contributed by atoms with Crippen molar-refractivity contribution in [2.75, 3.05) is 33.0 Å². The number of nitrogens with zero attached hydrogens (tertiary/aromatic N) is 1. The van der Waals surface area contributed by atoms with Gasteiger partial charge in [-0.05, 0) is 98.8 Å². The Hall–Kier alpha value is -2.53. The zero-order valence-electron chi connectivity index (χ0n) is 21.4. The molecule has 192 valence electrons. The quantitative estimate of drug-likeness (QED) is 0.460. The molecule has 1 saturated heterocycles. The molecule has 0 unspecified atom stereocenters. The van der Waals surface area contributed by atoms with E-state index in [0.29, 0.717) is 24.0 Å². The fourth-order valence-corrected chi connectivity index (χ4v) is 6.86. The van der Waals surface area contributed by atoms with Gasteiger partial charge in [-0.2, -0.15) is 0 Å². The predicted octanol–water partition coefficient (Wildman–Crippen LogP) is 5.93. The number of piperidine rings is 1. The van der Waals surface area contributed by atoms with E-state index in [1.54, 1.807) is 5.56 Å². The van der Waals surface area contributed by atoms with Crippen molar-refractivity contribution in [3.63, 3.8) is 0 Å². The van der Waals surface area contributed by atoms with Crippen molar-refractivity contribution in [3.8, 4) is 17.2 Å². The number of carbonyl (C=O) groups excluding carboxylic acids is 1. The van der Waals surface area contributed by atoms with Crippen LogP contribution in [-0.4, -0.2) is 43.7 Å². The van der Waals surface area contributed by atoms with Crippen molar-refractivity contribution in [2.45, 2.75) is 70.1 Å². The number of carbonyl (C=O) groups is 1. The molecule has 2 aromatic rings. The summed E-state index contributed by atoms with van der Waals surface area (Å²) in [5.74, 6) is 5.12. The number of benzene rings is 2. The average molecular weight is 490 g/mol. The van der Waals surface area contributed by atoms with Gasteiger partial charge in [-0.3, -0.25) is 4.79 Å². The number of fused-ring (bicyclic) bond motifs is 2. The Kier molecular flexibility index (Phi) is 7.18. The Balaban J connectivity index is 0.894. The van der Waals surface area contributed by atoms with Gasteiger partial charge in [0.25, 0.3) is 0 Å². The zero-order valence-corrected chi connectivity index (χ0v) is 21.4. The van der Waals surface area contributed by atoms with Crippen molar-refractivity contribution in [1.82, 2.24) is 4.90 Å². The lowest BCUT2D eigenvalue weighted by Gasteiger charge is -2.35. The second-order valence-corrected chi connectivity index (χ2v) is 11.3. The Bertz CT molecular complexity index is 1070. The number of Topliss-reactive ketones (excluding diaryl/α,β-unsaturated/α-hetero) is 1. The standard InChI is InChI=1S/C31H39NO4/c33-26(19-24-8-9-30-31(20-24)36-21-35-30)18-23-6-4-22(5-7-23)10-14-32-15-11-25(12-16-32)27-2-1-3-29-28(27)13-17-34-29/h1-3,8-9,20,22-23,25H,4-7,10-19,21H2. The van der Waals surface area contributed by atoms with Crippen molar-refractivity contribution < 1.29 is 19.0 Å². The molecule has 1 saturated carbocycles. The monoisotopic (exact) mass is 489 g/mol. The Labute approximate surface area is 215 Å². The van der Waals surface area contributed by atoms with E-state index >= 15 is 0 Å². The summed E-state index contributed by atoms with van der Waals surface area (Å²) < 4.78 is 16.6. The van der Waals surface area contributed by atoms with Crippen LogP contribution in [0.1, 0.15) is 74.0 Å². The molecule has 4 aliphatic rings. The number of ether oxygens (including phenoxy) is 3. The molecule has 5 heteroatoms. The van der Waals surface area contributed by atoms with Crippen LogP contribution >= 0.6 is 0 Å². The summed E-state index contributed by atoms with van der Waals surface area (Å²) in [5, 5.41) is 0. The summed E-state index contributed by atoms with van der Waals surface area (Å²) in [7, 11) is 0. The van der Waals surface area contributed by atoms with Gasteiger partial charge in [0.1, 0.15) is 11.5 Å². The van der Waals surface area contributed by atoms with E-state index in [1.807, 2.05) is 18.2 Å². The molecule has 0 amide bonds. The summed E-state index contributed by atoms with van der Waals surface area (Å²) in [6.45, 7) is 4.81. The number of likely N-dealkylation sites (tertiary alicyclic amines) is 1. The number of ketones is 1. The molecule has 36 heavy (non-hydrogen) atoms. The summed E-state index contributed by atoms with van der Waals surface area (Å²) in [6, 6.07) is 12.5. The van der Waals surface area contributed by atoms with E-state index in [2.05, 4.69) is 23.1 Å². The smallest absolute Gasteiger partial charge is 0.231 e. The van der Waals surface area contributed by atoms with Crippen molar-refractivity contribution in [1.29, 1.82) is 0 Å². The fraction of sp³-hybridized carbons (Fsp3) is 0.581. The van der Waals surface area contributed by atoms with Crippen LogP contribution in [0.15, 0.2) is 36.4 Å². The second kappa shape index (κ2) is 10.8. The third-order valence-electron chi connectivity index (χ3n) is 8.98. The van der Waals surface area contributed by atoms with E-state index < -0.39 is 0 Å².